The molecule has 19 heavy (non-hydrogen) atoms. The van der Waals surface area contributed by atoms with Crippen molar-refractivity contribution < 1.29 is 9.90 Å². The molecule has 0 saturated heterocycles. The molecule has 1 aromatic rings. The minimum Gasteiger partial charge on any atom is -0.395 e. The monoisotopic (exact) mass is 265 g/mol. The van der Waals surface area contributed by atoms with Crippen molar-refractivity contribution in [1.29, 1.82) is 0 Å². The number of aliphatic hydroxyl groups excluding tert-OH is 1. The van der Waals surface area contributed by atoms with Crippen LogP contribution < -0.4 is 0 Å². The van der Waals surface area contributed by atoms with E-state index >= 15 is 0 Å². The summed E-state index contributed by atoms with van der Waals surface area (Å²) in [7, 11) is 0. The number of carbonyl (C=O) groups is 1. The van der Waals surface area contributed by atoms with E-state index in [1.54, 1.807) is 0 Å². The number of hydrogen-bond donors (Lipinski definition) is 1. The first-order chi connectivity index (χ1) is 9.11. The smallest absolute Gasteiger partial charge is 0.224 e. The summed E-state index contributed by atoms with van der Waals surface area (Å²) in [6.45, 7) is 5.08. The average molecular weight is 265 g/mol. The molecule has 1 heterocycles. The maximum absolute atomic E-state index is 12.2. The van der Waals surface area contributed by atoms with Crippen LogP contribution in [0.5, 0.6) is 0 Å². The Morgan fingerprint density at radius 2 is 2.26 bits per heavy atom. The highest BCUT2D eigenvalue weighted by Gasteiger charge is 2.27. The number of aliphatic hydroxyl groups is 1. The van der Waals surface area contributed by atoms with Gasteiger partial charge in [-0.1, -0.05) is 0 Å². The molecule has 0 unspecified atom stereocenters. The highest BCUT2D eigenvalue weighted by Crippen LogP contribution is 2.25. The van der Waals surface area contributed by atoms with Gasteiger partial charge in [0.15, 0.2) is 0 Å². The Morgan fingerprint density at radius 3 is 2.74 bits per heavy atom. The van der Waals surface area contributed by atoms with Crippen molar-refractivity contribution in [3.05, 3.63) is 17.5 Å². The van der Waals surface area contributed by atoms with E-state index in [1.165, 1.54) is 6.42 Å². The van der Waals surface area contributed by atoms with E-state index in [4.69, 9.17) is 5.11 Å². The molecule has 0 radical (unpaired) electrons. The molecule has 0 spiro atoms. The Bertz CT molecular complexity index is 438. The zero-order valence-corrected chi connectivity index (χ0v) is 11.8. The lowest BCUT2D eigenvalue weighted by Gasteiger charge is -2.37. The third-order valence-electron chi connectivity index (χ3n) is 3.82. The first-order valence-corrected chi connectivity index (χ1v) is 7.03. The van der Waals surface area contributed by atoms with Gasteiger partial charge in [-0.25, -0.2) is 0 Å². The molecule has 0 aromatic carbocycles. The molecule has 0 atom stereocenters. The van der Waals surface area contributed by atoms with Crippen LogP contribution in [0.15, 0.2) is 6.07 Å². The number of amides is 1. The van der Waals surface area contributed by atoms with Gasteiger partial charge in [-0.3, -0.25) is 9.48 Å². The number of rotatable bonds is 6. The van der Waals surface area contributed by atoms with Crippen molar-refractivity contribution in [3.8, 4) is 0 Å². The normalized spacial score (nSPS) is 15.3. The Kier molecular flexibility index (Phi) is 4.58. The molecule has 1 amide bonds. The summed E-state index contributed by atoms with van der Waals surface area (Å²) in [5, 5.41) is 13.4. The van der Waals surface area contributed by atoms with E-state index in [0.717, 1.165) is 24.2 Å². The highest BCUT2D eigenvalue weighted by molar-refractivity contribution is 5.76. The number of aromatic nitrogens is 2. The van der Waals surface area contributed by atoms with Crippen LogP contribution in [-0.4, -0.2) is 44.9 Å². The predicted molar refractivity (Wildman–Crippen MR) is 72.8 cm³/mol. The first-order valence-electron chi connectivity index (χ1n) is 7.03. The van der Waals surface area contributed by atoms with Crippen molar-refractivity contribution >= 4 is 5.91 Å². The summed E-state index contributed by atoms with van der Waals surface area (Å²) < 4.78 is 1.88. The lowest BCUT2D eigenvalue weighted by molar-refractivity contribution is -0.136. The molecule has 0 aliphatic heterocycles. The number of hydrogen-bond acceptors (Lipinski definition) is 3. The van der Waals surface area contributed by atoms with Crippen LogP contribution in [0.3, 0.4) is 0 Å². The molecule has 5 heteroatoms. The zero-order chi connectivity index (χ0) is 13.8. The van der Waals surface area contributed by atoms with E-state index in [1.807, 2.05) is 29.5 Å². The van der Waals surface area contributed by atoms with Gasteiger partial charge in [-0.2, -0.15) is 5.10 Å². The molecule has 5 nitrogen and oxygen atoms in total. The molecule has 1 saturated carbocycles. The second-order valence-corrected chi connectivity index (χ2v) is 5.30. The molecular formula is C14H23N3O2. The molecular weight excluding hydrogens is 242 g/mol. The second kappa shape index (κ2) is 6.19. The molecule has 2 rings (SSSR count). The summed E-state index contributed by atoms with van der Waals surface area (Å²) in [6.07, 6.45) is 3.80. The van der Waals surface area contributed by atoms with Gasteiger partial charge in [-0.15, -0.1) is 0 Å². The topological polar surface area (TPSA) is 58.4 Å². The number of aryl methyl sites for hydroxylation is 3. The van der Waals surface area contributed by atoms with Crippen LogP contribution in [0.2, 0.25) is 0 Å². The van der Waals surface area contributed by atoms with E-state index in [0.29, 0.717) is 25.6 Å². The van der Waals surface area contributed by atoms with Crippen LogP contribution in [0.4, 0.5) is 0 Å². The van der Waals surface area contributed by atoms with Crippen LogP contribution in [0, 0.1) is 13.8 Å². The van der Waals surface area contributed by atoms with Gasteiger partial charge in [0.05, 0.1) is 12.3 Å². The second-order valence-electron chi connectivity index (χ2n) is 5.30. The highest BCUT2D eigenvalue weighted by atomic mass is 16.3. The lowest BCUT2D eigenvalue weighted by atomic mass is 9.91. The third-order valence-corrected chi connectivity index (χ3v) is 3.82. The van der Waals surface area contributed by atoms with E-state index in [9.17, 15) is 4.79 Å². The summed E-state index contributed by atoms with van der Waals surface area (Å²) in [4.78, 5) is 14.1. The molecule has 1 N–H and O–H groups in total. The molecule has 1 fully saturated rings. The van der Waals surface area contributed by atoms with Crippen molar-refractivity contribution in [2.45, 2.75) is 52.1 Å². The molecule has 1 aromatic heterocycles. The molecule has 106 valence electrons. The van der Waals surface area contributed by atoms with Crippen molar-refractivity contribution in [3.63, 3.8) is 0 Å². The van der Waals surface area contributed by atoms with Gasteiger partial charge in [-0.05, 0) is 39.2 Å². The van der Waals surface area contributed by atoms with Gasteiger partial charge in [0.1, 0.15) is 0 Å². The lowest BCUT2D eigenvalue weighted by Crippen LogP contribution is -2.45. The van der Waals surface area contributed by atoms with Crippen molar-refractivity contribution in [2.75, 3.05) is 13.2 Å². The summed E-state index contributed by atoms with van der Waals surface area (Å²) in [5.41, 5.74) is 2.07. The van der Waals surface area contributed by atoms with E-state index in [2.05, 4.69) is 5.10 Å². The Morgan fingerprint density at radius 1 is 1.53 bits per heavy atom. The maximum atomic E-state index is 12.2. The number of carbonyl (C=O) groups excluding carboxylic acids is 1. The zero-order valence-electron chi connectivity index (χ0n) is 11.8. The van der Waals surface area contributed by atoms with Gasteiger partial charge in [0, 0.05) is 31.2 Å². The number of nitrogens with zero attached hydrogens (tertiary/aromatic N) is 3. The van der Waals surface area contributed by atoms with Crippen molar-refractivity contribution in [2.24, 2.45) is 0 Å². The Balaban J connectivity index is 1.89. The first kappa shape index (κ1) is 14.1. The Labute approximate surface area is 114 Å². The quantitative estimate of drug-likeness (QED) is 0.842. The standard InChI is InChI=1S/C14H23N3O2/c1-11-10-12(2)17(15-11)7-6-14(19)16(8-9-18)13-4-3-5-13/h10,13,18H,3-9H2,1-2H3. The fourth-order valence-electron chi connectivity index (χ4n) is 2.56. The van der Waals surface area contributed by atoms with Crippen molar-refractivity contribution in [1.82, 2.24) is 14.7 Å². The van der Waals surface area contributed by atoms with Crippen LogP contribution in [0.1, 0.15) is 37.1 Å². The predicted octanol–water partition coefficient (Wildman–Crippen LogP) is 1.26. The van der Waals surface area contributed by atoms with Gasteiger partial charge in [0.2, 0.25) is 5.91 Å². The van der Waals surface area contributed by atoms with Crippen LogP contribution >= 0.6 is 0 Å². The van der Waals surface area contributed by atoms with Gasteiger partial charge in [0.25, 0.3) is 0 Å². The fraction of sp³-hybridized carbons (Fsp3) is 0.714. The van der Waals surface area contributed by atoms with Gasteiger partial charge < -0.3 is 10.0 Å². The van der Waals surface area contributed by atoms with Gasteiger partial charge >= 0.3 is 0 Å². The Hall–Kier alpha value is -1.36. The van der Waals surface area contributed by atoms with E-state index in [-0.39, 0.29) is 12.5 Å². The minimum atomic E-state index is 0.0438. The molecule has 0 bridgehead atoms. The molecule has 1 aliphatic rings. The molecule has 1 aliphatic carbocycles. The minimum absolute atomic E-state index is 0.0438. The third kappa shape index (κ3) is 3.35. The largest absolute Gasteiger partial charge is 0.395 e. The SMILES string of the molecule is Cc1cc(C)n(CCC(=O)N(CCO)C2CCC2)n1. The summed E-state index contributed by atoms with van der Waals surface area (Å²) >= 11 is 0. The summed E-state index contributed by atoms with van der Waals surface area (Å²) in [5.74, 6) is 0.131. The van der Waals surface area contributed by atoms with Crippen LogP contribution in [-0.2, 0) is 11.3 Å². The summed E-state index contributed by atoms with van der Waals surface area (Å²) in [6, 6.07) is 2.36. The fourth-order valence-corrected chi connectivity index (χ4v) is 2.56. The van der Waals surface area contributed by atoms with E-state index < -0.39 is 0 Å². The average Bonchev–Trinajstić information content (AvgIpc) is 2.62. The van der Waals surface area contributed by atoms with Crippen LogP contribution in [0.25, 0.3) is 0 Å². The maximum Gasteiger partial charge on any atom is 0.224 e.